The quantitative estimate of drug-likeness (QED) is 0.697. The minimum Gasteiger partial charge on any atom is -0.490 e. The molecule has 0 aromatic heterocycles. The van der Waals surface area contributed by atoms with E-state index in [1.807, 2.05) is 0 Å². The molecule has 0 radical (unpaired) electrons. The number of alkyl halides is 1. The second kappa shape index (κ2) is 4.69. The summed E-state index contributed by atoms with van der Waals surface area (Å²) in [5.41, 5.74) is 0.137. The van der Waals surface area contributed by atoms with Crippen molar-refractivity contribution in [2.75, 3.05) is 13.3 Å². The Morgan fingerprint density at radius 3 is 2.79 bits per heavy atom. The molecule has 0 bridgehead atoms. The zero-order chi connectivity index (χ0) is 10.6. The fourth-order valence-corrected chi connectivity index (χ4v) is 1.05. The highest BCUT2D eigenvalue weighted by Gasteiger charge is 2.09. The maximum atomic E-state index is 12.7. The highest BCUT2D eigenvalue weighted by molar-refractivity contribution is 5.96. The van der Waals surface area contributed by atoms with Gasteiger partial charge in [0.05, 0.1) is 5.56 Å². The van der Waals surface area contributed by atoms with E-state index >= 15 is 0 Å². The molecule has 0 saturated heterocycles. The Labute approximate surface area is 80.5 Å². The molecule has 14 heavy (non-hydrogen) atoms. The minimum atomic E-state index is -0.644. The topological polar surface area (TPSA) is 26.3 Å². The fourth-order valence-electron chi connectivity index (χ4n) is 1.05. The van der Waals surface area contributed by atoms with E-state index in [1.54, 1.807) is 0 Å². The van der Waals surface area contributed by atoms with Crippen molar-refractivity contribution >= 4 is 5.78 Å². The molecular formula is C10H10F2O2. The molecule has 0 aliphatic rings. The van der Waals surface area contributed by atoms with E-state index in [0.717, 1.165) is 6.07 Å². The first-order valence-electron chi connectivity index (χ1n) is 4.14. The summed E-state index contributed by atoms with van der Waals surface area (Å²) in [6, 6.07) is 3.57. The number of Topliss-reactive ketones (excluding diaryl/α,β-unsaturated/α-hetero) is 1. The van der Waals surface area contributed by atoms with E-state index in [-0.39, 0.29) is 23.7 Å². The van der Waals surface area contributed by atoms with Crippen LogP contribution in [0.15, 0.2) is 18.2 Å². The third-order valence-corrected chi connectivity index (χ3v) is 1.66. The highest BCUT2D eigenvalue weighted by atomic mass is 19.1. The van der Waals surface area contributed by atoms with Gasteiger partial charge in [-0.2, -0.15) is 0 Å². The molecule has 0 amide bonds. The summed E-state index contributed by atoms with van der Waals surface area (Å²) in [6.07, 6.45) is 0. The number of ether oxygens (including phenoxy) is 1. The van der Waals surface area contributed by atoms with Crippen LogP contribution in [0.4, 0.5) is 8.78 Å². The second-order valence-electron chi connectivity index (χ2n) is 2.73. The van der Waals surface area contributed by atoms with Crippen LogP contribution in [0.5, 0.6) is 5.75 Å². The van der Waals surface area contributed by atoms with E-state index in [1.165, 1.54) is 19.1 Å². The Balaban J connectivity index is 2.96. The van der Waals surface area contributed by atoms with Crippen molar-refractivity contribution in [1.82, 2.24) is 0 Å². The lowest BCUT2D eigenvalue weighted by Crippen LogP contribution is -2.04. The molecule has 0 heterocycles. The van der Waals surface area contributed by atoms with Crippen molar-refractivity contribution in [3.63, 3.8) is 0 Å². The summed E-state index contributed by atoms with van der Waals surface area (Å²) in [5.74, 6) is -0.599. The van der Waals surface area contributed by atoms with Crippen molar-refractivity contribution in [2.45, 2.75) is 6.92 Å². The molecule has 0 fully saturated rings. The normalized spacial score (nSPS) is 9.93. The maximum Gasteiger partial charge on any atom is 0.163 e. The first kappa shape index (κ1) is 10.6. The van der Waals surface area contributed by atoms with Gasteiger partial charge in [-0.15, -0.1) is 0 Å². The standard InChI is InChI=1S/C10H10F2O2/c1-7(13)9-6-8(12)2-3-10(9)14-5-4-11/h2-3,6H,4-5H2,1H3. The summed E-state index contributed by atoms with van der Waals surface area (Å²) < 4.78 is 29.5. The van der Waals surface area contributed by atoms with Crippen molar-refractivity contribution in [1.29, 1.82) is 0 Å². The summed E-state index contributed by atoms with van der Waals surface area (Å²) in [5, 5.41) is 0. The predicted molar refractivity (Wildman–Crippen MR) is 47.9 cm³/mol. The van der Waals surface area contributed by atoms with Crippen LogP contribution in [-0.4, -0.2) is 19.1 Å². The summed E-state index contributed by atoms with van der Waals surface area (Å²) in [6.45, 7) is 0.526. The fraction of sp³-hybridized carbons (Fsp3) is 0.300. The van der Waals surface area contributed by atoms with Gasteiger partial charge in [-0.1, -0.05) is 0 Å². The maximum absolute atomic E-state index is 12.7. The third kappa shape index (κ3) is 2.52. The number of hydrogen-bond donors (Lipinski definition) is 0. The van der Waals surface area contributed by atoms with Crippen molar-refractivity contribution in [2.24, 2.45) is 0 Å². The van der Waals surface area contributed by atoms with E-state index in [0.29, 0.717) is 0 Å². The van der Waals surface area contributed by atoms with Gasteiger partial charge < -0.3 is 4.74 Å². The molecule has 0 aliphatic carbocycles. The van der Waals surface area contributed by atoms with Gasteiger partial charge in [0.25, 0.3) is 0 Å². The van der Waals surface area contributed by atoms with E-state index in [2.05, 4.69) is 0 Å². The molecular weight excluding hydrogens is 190 g/mol. The first-order chi connectivity index (χ1) is 6.65. The Morgan fingerprint density at radius 1 is 1.50 bits per heavy atom. The number of hydrogen-bond acceptors (Lipinski definition) is 2. The molecule has 76 valence electrons. The van der Waals surface area contributed by atoms with Gasteiger partial charge in [-0.05, 0) is 25.1 Å². The molecule has 1 aromatic rings. The van der Waals surface area contributed by atoms with Crippen LogP contribution in [0.3, 0.4) is 0 Å². The number of benzene rings is 1. The van der Waals surface area contributed by atoms with E-state index in [9.17, 15) is 13.6 Å². The molecule has 0 spiro atoms. The largest absolute Gasteiger partial charge is 0.490 e. The van der Waals surface area contributed by atoms with Crippen molar-refractivity contribution < 1.29 is 18.3 Å². The predicted octanol–water partition coefficient (Wildman–Crippen LogP) is 2.38. The average Bonchev–Trinajstić information content (AvgIpc) is 2.15. The van der Waals surface area contributed by atoms with Gasteiger partial charge in [0.15, 0.2) is 5.78 Å². The lowest BCUT2D eigenvalue weighted by Gasteiger charge is -2.07. The summed E-state index contributed by atoms with van der Waals surface area (Å²) in [4.78, 5) is 11.0. The molecule has 0 saturated carbocycles. The molecule has 0 atom stereocenters. The van der Waals surface area contributed by atoms with Crippen molar-refractivity contribution in [3.8, 4) is 5.75 Å². The number of carbonyl (C=O) groups is 1. The average molecular weight is 200 g/mol. The van der Waals surface area contributed by atoms with Gasteiger partial charge in [-0.25, -0.2) is 8.78 Å². The van der Waals surface area contributed by atoms with Crippen LogP contribution < -0.4 is 4.74 Å². The van der Waals surface area contributed by atoms with Crippen LogP contribution in [0.2, 0.25) is 0 Å². The molecule has 4 heteroatoms. The Morgan fingerprint density at radius 2 is 2.21 bits per heavy atom. The minimum absolute atomic E-state index is 0.133. The number of halogens is 2. The van der Waals surface area contributed by atoms with Gasteiger partial charge in [0.1, 0.15) is 24.8 Å². The van der Waals surface area contributed by atoms with Gasteiger partial charge >= 0.3 is 0 Å². The Hall–Kier alpha value is -1.45. The zero-order valence-electron chi connectivity index (χ0n) is 7.72. The molecule has 1 rings (SSSR count). The first-order valence-corrected chi connectivity index (χ1v) is 4.14. The van der Waals surface area contributed by atoms with Gasteiger partial charge in [0, 0.05) is 0 Å². The van der Waals surface area contributed by atoms with Crippen LogP contribution in [0, 0.1) is 5.82 Å². The molecule has 0 N–H and O–H groups in total. The zero-order valence-corrected chi connectivity index (χ0v) is 7.72. The Bertz CT molecular complexity index is 337. The summed E-state index contributed by atoms with van der Waals surface area (Å²) in [7, 11) is 0. The molecule has 0 aliphatic heterocycles. The summed E-state index contributed by atoms with van der Waals surface area (Å²) >= 11 is 0. The van der Waals surface area contributed by atoms with Crippen LogP contribution >= 0.6 is 0 Å². The van der Waals surface area contributed by atoms with Crippen LogP contribution in [0.25, 0.3) is 0 Å². The Kier molecular flexibility index (Phi) is 3.56. The van der Waals surface area contributed by atoms with Crippen LogP contribution in [-0.2, 0) is 0 Å². The lowest BCUT2D eigenvalue weighted by atomic mass is 10.1. The highest BCUT2D eigenvalue weighted by Crippen LogP contribution is 2.20. The van der Waals surface area contributed by atoms with Gasteiger partial charge in [-0.3, -0.25) is 4.79 Å². The molecule has 0 unspecified atom stereocenters. The molecule has 1 aromatic carbocycles. The number of ketones is 1. The molecule has 2 nitrogen and oxygen atoms in total. The monoisotopic (exact) mass is 200 g/mol. The van der Waals surface area contributed by atoms with Gasteiger partial charge in [0.2, 0.25) is 0 Å². The van der Waals surface area contributed by atoms with Crippen molar-refractivity contribution in [3.05, 3.63) is 29.6 Å². The van der Waals surface area contributed by atoms with E-state index in [4.69, 9.17) is 4.74 Å². The second-order valence-corrected chi connectivity index (χ2v) is 2.73. The number of carbonyl (C=O) groups excluding carboxylic acids is 1. The lowest BCUT2D eigenvalue weighted by molar-refractivity contribution is 0.101. The van der Waals surface area contributed by atoms with E-state index < -0.39 is 12.5 Å². The smallest absolute Gasteiger partial charge is 0.163 e. The SMILES string of the molecule is CC(=O)c1cc(F)ccc1OCCF. The van der Waals surface area contributed by atoms with Crippen LogP contribution in [0.1, 0.15) is 17.3 Å². The number of rotatable bonds is 4. The third-order valence-electron chi connectivity index (χ3n) is 1.66.